The van der Waals surface area contributed by atoms with Crippen molar-refractivity contribution >= 4 is 5.91 Å². The molecule has 4 fully saturated rings. The number of hydrogen-bond donors (Lipinski definition) is 1. The van der Waals surface area contributed by atoms with E-state index in [1.165, 1.54) is 23.9 Å². The van der Waals surface area contributed by atoms with E-state index < -0.39 is 11.9 Å². The molecule has 7 rings (SSSR count). The number of para-hydroxylation sites is 1. The van der Waals surface area contributed by atoms with Gasteiger partial charge in [-0.25, -0.2) is 4.68 Å². The molecule has 9 heteroatoms. The Hall–Kier alpha value is -3.10. The highest BCUT2D eigenvalue weighted by molar-refractivity contribution is 5.95. The lowest BCUT2D eigenvalue weighted by atomic mass is 9.48. The highest BCUT2D eigenvalue weighted by Gasteiger charge is 2.53. The van der Waals surface area contributed by atoms with E-state index in [0.29, 0.717) is 30.8 Å². The maximum absolute atomic E-state index is 13.5. The smallest absolute Gasteiger partial charge is 0.352 e. The second kappa shape index (κ2) is 9.03. The van der Waals surface area contributed by atoms with Crippen molar-refractivity contribution in [2.45, 2.75) is 70.0 Å². The second-order valence-corrected chi connectivity index (χ2v) is 11.4. The molecular weight excluding hydrogens is 479 g/mol. The normalized spacial score (nSPS) is 26.5. The predicted molar refractivity (Wildman–Crippen MR) is 132 cm³/mol. The first-order valence-electron chi connectivity index (χ1n) is 13.3. The average Bonchev–Trinajstić information content (AvgIpc) is 3.46. The van der Waals surface area contributed by atoms with Crippen LogP contribution >= 0.6 is 0 Å². The number of carbonyl (C=O) groups is 1. The standard InChI is InChI=1S/C28H32F3N5O/c1-18-10-24(28(29,30)31)33-35(18)9-5-8-32-26(37)23-17-36(22-6-3-2-4-7-22)34-25(23)27-14-19-11-20(15-27)13-21(12-19)16-27/h2-4,6-7,10,17,19-21H,5,8-9,11-16H2,1H3,(H,32,37). The van der Waals surface area contributed by atoms with Crippen LogP contribution in [0.4, 0.5) is 13.2 Å². The summed E-state index contributed by atoms with van der Waals surface area (Å²) in [6.07, 6.45) is 5.10. The van der Waals surface area contributed by atoms with Gasteiger partial charge in [-0.05, 0) is 87.8 Å². The van der Waals surface area contributed by atoms with Crippen molar-refractivity contribution in [2.75, 3.05) is 6.54 Å². The van der Waals surface area contributed by atoms with E-state index in [2.05, 4.69) is 10.4 Å². The van der Waals surface area contributed by atoms with Gasteiger partial charge in [-0.1, -0.05) is 18.2 Å². The van der Waals surface area contributed by atoms with E-state index in [1.807, 2.05) is 41.2 Å². The van der Waals surface area contributed by atoms with Crippen LogP contribution < -0.4 is 5.32 Å². The van der Waals surface area contributed by atoms with Crippen molar-refractivity contribution in [3.63, 3.8) is 0 Å². The molecule has 4 aliphatic carbocycles. The van der Waals surface area contributed by atoms with Crippen LogP contribution in [-0.2, 0) is 18.1 Å². The van der Waals surface area contributed by atoms with E-state index in [0.717, 1.165) is 54.5 Å². The third-order valence-electron chi connectivity index (χ3n) is 8.62. The summed E-state index contributed by atoms with van der Waals surface area (Å²) < 4.78 is 42.0. The molecule has 6 nitrogen and oxygen atoms in total. The fourth-order valence-electron chi connectivity index (χ4n) is 7.45. The first-order chi connectivity index (χ1) is 17.7. The van der Waals surface area contributed by atoms with Crippen LogP contribution in [0.25, 0.3) is 5.69 Å². The minimum Gasteiger partial charge on any atom is -0.352 e. The molecular formula is C28H32F3N5O. The third-order valence-corrected chi connectivity index (χ3v) is 8.62. The maximum Gasteiger partial charge on any atom is 0.435 e. The van der Waals surface area contributed by atoms with Gasteiger partial charge < -0.3 is 5.32 Å². The molecule has 1 aromatic carbocycles. The number of nitrogens with one attached hydrogen (secondary N) is 1. The number of aromatic nitrogens is 4. The molecule has 3 aromatic rings. The SMILES string of the molecule is Cc1cc(C(F)(F)F)nn1CCCNC(=O)c1cn(-c2ccccc2)nc1C12CC3CC(CC(C3)C1)C2. The lowest BCUT2D eigenvalue weighted by Crippen LogP contribution is -2.49. The Morgan fingerprint density at radius 1 is 1.05 bits per heavy atom. The van der Waals surface area contributed by atoms with Gasteiger partial charge in [-0.15, -0.1) is 0 Å². The molecule has 1 amide bonds. The molecule has 1 N–H and O–H groups in total. The summed E-state index contributed by atoms with van der Waals surface area (Å²) in [5, 5.41) is 11.7. The number of amides is 1. The summed E-state index contributed by atoms with van der Waals surface area (Å²) in [5.74, 6) is 2.01. The molecule has 0 radical (unpaired) electrons. The van der Waals surface area contributed by atoms with Crippen LogP contribution in [-0.4, -0.2) is 32.0 Å². The van der Waals surface area contributed by atoms with Crippen molar-refractivity contribution in [1.29, 1.82) is 0 Å². The summed E-state index contributed by atoms with van der Waals surface area (Å²) >= 11 is 0. The van der Waals surface area contributed by atoms with Crippen LogP contribution in [0.1, 0.15) is 72.4 Å². The minimum atomic E-state index is -4.46. The van der Waals surface area contributed by atoms with Gasteiger partial charge in [-0.2, -0.15) is 23.4 Å². The number of halogens is 3. The van der Waals surface area contributed by atoms with Gasteiger partial charge in [0, 0.05) is 30.4 Å². The van der Waals surface area contributed by atoms with Crippen molar-refractivity contribution < 1.29 is 18.0 Å². The second-order valence-electron chi connectivity index (χ2n) is 11.4. The van der Waals surface area contributed by atoms with Crippen molar-refractivity contribution in [3.8, 4) is 5.69 Å². The molecule has 4 saturated carbocycles. The Kier molecular flexibility index (Phi) is 5.92. The monoisotopic (exact) mass is 511 g/mol. The summed E-state index contributed by atoms with van der Waals surface area (Å²) in [6.45, 7) is 2.25. The number of alkyl halides is 3. The van der Waals surface area contributed by atoms with Crippen LogP contribution in [0.3, 0.4) is 0 Å². The maximum atomic E-state index is 13.5. The first kappa shape index (κ1) is 24.2. The third kappa shape index (κ3) is 4.57. The lowest BCUT2D eigenvalue weighted by Gasteiger charge is -2.56. The predicted octanol–water partition coefficient (Wildman–Crippen LogP) is 5.68. The van der Waals surface area contributed by atoms with Crippen LogP contribution in [0.5, 0.6) is 0 Å². The van der Waals surface area contributed by atoms with Gasteiger partial charge >= 0.3 is 6.18 Å². The zero-order valence-corrected chi connectivity index (χ0v) is 21.0. The Labute approximate surface area is 214 Å². The molecule has 4 aliphatic rings. The van der Waals surface area contributed by atoms with Gasteiger partial charge in [-0.3, -0.25) is 9.48 Å². The summed E-state index contributed by atoms with van der Waals surface area (Å²) in [5.41, 5.74) is 1.99. The molecule has 0 atom stereocenters. The summed E-state index contributed by atoms with van der Waals surface area (Å²) in [7, 11) is 0. The molecule has 0 aliphatic heterocycles. The quantitative estimate of drug-likeness (QED) is 0.415. The van der Waals surface area contributed by atoms with E-state index in [9.17, 15) is 18.0 Å². The van der Waals surface area contributed by atoms with Crippen LogP contribution in [0, 0.1) is 24.7 Å². The van der Waals surface area contributed by atoms with E-state index in [1.54, 1.807) is 6.92 Å². The molecule has 196 valence electrons. The molecule has 0 unspecified atom stereocenters. The van der Waals surface area contributed by atoms with Gasteiger partial charge in [0.05, 0.1) is 16.9 Å². The summed E-state index contributed by atoms with van der Waals surface area (Å²) in [6, 6.07) is 10.9. The highest BCUT2D eigenvalue weighted by Crippen LogP contribution is 2.60. The number of nitrogens with zero attached hydrogens (tertiary/aromatic N) is 4. The molecule has 2 heterocycles. The molecule has 2 aromatic heterocycles. The zero-order valence-electron chi connectivity index (χ0n) is 21.0. The van der Waals surface area contributed by atoms with E-state index in [-0.39, 0.29) is 11.3 Å². The Morgan fingerprint density at radius 2 is 1.70 bits per heavy atom. The van der Waals surface area contributed by atoms with Crippen molar-refractivity contribution in [3.05, 3.63) is 65.2 Å². The average molecular weight is 512 g/mol. The number of rotatable bonds is 7. The van der Waals surface area contributed by atoms with Crippen LogP contribution in [0.15, 0.2) is 42.6 Å². The highest BCUT2D eigenvalue weighted by atomic mass is 19.4. The van der Waals surface area contributed by atoms with Crippen molar-refractivity contribution in [1.82, 2.24) is 24.9 Å². The van der Waals surface area contributed by atoms with E-state index in [4.69, 9.17) is 5.10 Å². The topological polar surface area (TPSA) is 64.7 Å². The minimum absolute atomic E-state index is 0.0401. The number of carbonyl (C=O) groups excluding carboxylic acids is 1. The largest absolute Gasteiger partial charge is 0.435 e. The zero-order chi connectivity index (χ0) is 25.8. The van der Waals surface area contributed by atoms with Gasteiger partial charge in [0.25, 0.3) is 5.91 Å². The van der Waals surface area contributed by atoms with Gasteiger partial charge in [0.15, 0.2) is 5.69 Å². The Balaban J connectivity index is 1.20. The Morgan fingerprint density at radius 3 is 2.30 bits per heavy atom. The molecule has 0 saturated heterocycles. The summed E-state index contributed by atoms with van der Waals surface area (Å²) in [4.78, 5) is 13.5. The Bertz CT molecular complexity index is 1260. The fraction of sp³-hybridized carbons (Fsp3) is 0.536. The van der Waals surface area contributed by atoms with Crippen molar-refractivity contribution in [2.24, 2.45) is 17.8 Å². The number of aryl methyl sites for hydroxylation is 2. The van der Waals surface area contributed by atoms with Crippen LogP contribution in [0.2, 0.25) is 0 Å². The number of benzene rings is 1. The molecule has 37 heavy (non-hydrogen) atoms. The first-order valence-corrected chi connectivity index (χ1v) is 13.3. The number of hydrogen-bond acceptors (Lipinski definition) is 3. The molecule has 4 bridgehead atoms. The van der Waals surface area contributed by atoms with E-state index >= 15 is 0 Å². The fourth-order valence-corrected chi connectivity index (χ4v) is 7.45. The van der Waals surface area contributed by atoms with Gasteiger partial charge in [0.2, 0.25) is 0 Å². The lowest BCUT2D eigenvalue weighted by molar-refractivity contribution is -0.141. The molecule has 0 spiro atoms. The van der Waals surface area contributed by atoms with Gasteiger partial charge in [0.1, 0.15) is 0 Å².